The van der Waals surface area contributed by atoms with E-state index in [2.05, 4.69) is 16.4 Å². The van der Waals surface area contributed by atoms with Gasteiger partial charge in [0.25, 0.3) is 0 Å². The number of benzene rings is 1. The van der Waals surface area contributed by atoms with Crippen LogP contribution in [0.4, 0.5) is 23.4 Å². The highest BCUT2D eigenvalue weighted by molar-refractivity contribution is 5.80. The largest absolute Gasteiger partial charge is 0.481 e. The van der Waals surface area contributed by atoms with E-state index in [1.54, 1.807) is 0 Å². The molecule has 0 fully saturated rings. The summed E-state index contributed by atoms with van der Waals surface area (Å²) >= 11 is 0. The summed E-state index contributed by atoms with van der Waals surface area (Å²) in [7, 11) is 0. The number of hydrogen-bond acceptors (Lipinski definition) is 4. The number of aryl methyl sites for hydroxylation is 2. The van der Waals surface area contributed by atoms with Gasteiger partial charge in [0, 0.05) is 31.0 Å². The Hall–Kier alpha value is -2.97. The smallest absolute Gasteiger partial charge is 0.419 e. The number of nitrogens with one attached hydrogen (secondary N) is 1. The van der Waals surface area contributed by atoms with Crippen LogP contribution in [0.25, 0.3) is 0 Å². The van der Waals surface area contributed by atoms with E-state index in [1.807, 2.05) is 6.07 Å². The number of fused-ring (bicyclic) bond motifs is 1. The first-order valence-electron chi connectivity index (χ1n) is 11.0. The van der Waals surface area contributed by atoms with Crippen LogP contribution in [0.1, 0.15) is 66.8 Å². The van der Waals surface area contributed by atoms with E-state index in [0.29, 0.717) is 31.4 Å². The summed E-state index contributed by atoms with van der Waals surface area (Å²) in [6, 6.07) is 6.41. The van der Waals surface area contributed by atoms with Crippen molar-refractivity contribution in [3.05, 3.63) is 58.5 Å². The van der Waals surface area contributed by atoms with Gasteiger partial charge in [-0.25, -0.2) is 9.37 Å². The number of hydrogen-bond donors (Lipinski definition) is 2. The number of Topliss-reactive ketones (excluding diaryl/α,β-unsaturated/α-hetero) is 1. The average molecular weight is 466 g/mol. The van der Waals surface area contributed by atoms with Gasteiger partial charge in [-0.05, 0) is 61.4 Å². The van der Waals surface area contributed by atoms with Crippen molar-refractivity contribution in [2.45, 2.75) is 63.5 Å². The average Bonchev–Trinajstić information content (AvgIpc) is 2.75. The molecular formula is C24H26F4N2O3. The maximum absolute atomic E-state index is 13.6. The Morgan fingerprint density at radius 1 is 1.12 bits per heavy atom. The van der Waals surface area contributed by atoms with E-state index < -0.39 is 35.9 Å². The Morgan fingerprint density at radius 3 is 2.64 bits per heavy atom. The maximum Gasteiger partial charge on any atom is 0.419 e. The van der Waals surface area contributed by atoms with Crippen molar-refractivity contribution >= 4 is 17.6 Å². The lowest BCUT2D eigenvalue weighted by Gasteiger charge is -2.18. The van der Waals surface area contributed by atoms with E-state index in [-0.39, 0.29) is 24.2 Å². The van der Waals surface area contributed by atoms with E-state index in [1.165, 1.54) is 5.56 Å². The molecule has 1 aromatic carbocycles. The molecule has 5 nitrogen and oxygen atoms in total. The standard InChI is InChI=1S/C24H26F4N2O3/c25-21-10-8-16(13-20(21)24(26,27)28)17(14-22(32)33)12-19(31)6-2-1-5-18-9-7-15-4-3-11-29-23(15)30-18/h7-10,13,17H,1-6,11-12,14H2,(H,29,30)(H,32,33). The molecule has 0 amide bonds. The van der Waals surface area contributed by atoms with Gasteiger partial charge in [-0.2, -0.15) is 13.2 Å². The van der Waals surface area contributed by atoms with Gasteiger partial charge in [-0.1, -0.05) is 12.1 Å². The minimum atomic E-state index is -4.90. The van der Waals surface area contributed by atoms with Crippen molar-refractivity contribution in [3.8, 4) is 0 Å². The summed E-state index contributed by atoms with van der Waals surface area (Å²) < 4.78 is 52.7. The predicted octanol–water partition coefficient (Wildman–Crippen LogP) is 5.53. The fourth-order valence-corrected chi connectivity index (χ4v) is 4.05. The van der Waals surface area contributed by atoms with Gasteiger partial charge in [0.1, 0.15) is 17.4 Å². The minimum Gasteiger partial charge on any atom is -0.481 e. The molecule has 0 spiro atoms. The number of ketones is 1. The molecule has 0 radical (unpaired) electrons. The summed E-state index contributed by atoms with van der Waals surface area (Å²) in [5, 5.41) is 12.4. The second kappa shape index (κ2) is 10.8. The number of carbonyl (C=O) groups is 2. The molecule has 1 aliphatic rings. The molecule has 0 saturated heterocycles. The van der Waals surface area contributed by atoms with E-state index in [4.69, 9.17) is 5.11 Å². The van der Waals surface area contributed by atoms with Gasteiger partial charge >= 0.3 is 12.1 Å². The van der Waals surface area contributed by atoms with Crippen molar-refractivity contribution in [3.63, 3.8) is 0 Å². The third kappa shape index (κ3) is 7.00. The Kier molecular flexibility index (Phi) is 8.05. The number of anilines is 1. The molecule has 33 heavy (non-hydrogen) atoms. The number of unbranched alkanes of at least 4 members (excludes halogenated alkanes) is 1. The Labute approximate surface area is 189 Å². The number of nitrogens with zero attached hydrogens (tertiary/aromatic N) is 1. The van der Waals surface area contributed by atoms with Crippen LogP contribution in [0.5, 0.6) is 0 Å². The first kappa shape index (κ1) is 24.7. The number of rotatable bonds is 10. The summed E-state index contributed by atoms with van der Waals surface area (Å²) in [6.07, 6.45) is -1.41. The molecule has 9 heteroatoms. The van der Waals surface area contributed by atoms with Gasteiger partial charge in [0.15, 0.2) is 0 Å². The summed E-state index contributed by atoms with van der Waals surface area (Å²) in [4.78, 5) is 28.3. The normalized spacial score (nSPS) is 14.3. The lowest BCUT2D eigenvalue weighted by Crippen LogP contribution is -2.14. The minimum absolute atomic E-state index is 0.00904. The quantitative estimate of drug-likeness (QED) is 0.356. The third-order valence-electron chi connectivity index (χ3n) is 5.75. The van der Waals surface area contributed by atoms with Gasteiger partial charge in [-0.15, -0.1) is 0 Å². The third-order valence-corrected chi connectivity index (χ3v) is 5.75. The van der Waals surface area contributed by atoms with Gasteiger partial charge in [0.2, 0.25) is 0 Å². The van der Waals surface area contributed by atoms with Crippen LogP contribution in [0.15, 0.2) is 30.3 Å². The Bertz CT molecular complexity index is 1010. The van der Waals surface area contributed by atoms with Gasteiger partial charge in [0.05, 0.1) is 12.0 Å². The topological polar surface area (TPSA) is 79.3 Å². The maximum atomic E-state index is 13.6. The highest BCUT2D eigenvalue weighted by Crippen LogP contribution is 2.35. The number of carbonyl (C=O) groups excluding carboxylic acids is 1. The summed E-state index contributed by atoms with van der Waals surface area (Å²) in [5.74, 6) is -2.96. The molecule has 1 aromatic heterocycles. The Morgan fingerprint density at radius 2 is 1.91 bits per heavy atom. The number of aliphatic carboxylic acids is 1. The van der Waals surface area contributed by atoms with Crippen molar-refractivity contribution < 1.29 is 32.3 Å². The van der Waals surface area contributed by atoms with E-state index in [0.717, 1.165) is 37.0 Å². The van der Waals surface area contributed by atoms with Crippen LogP contribution in [0, 0.1) is 5.82 Å². The molecule has 0 saturated carbocycles. The highest BCUT2D eigenvalue weighted by atomic mass is 19.4. The van der Waals surface area contributed by atoms with Crippen molar-refractivity contribution in [2.75, 3.05) is 11.9 Å². The molecule has 0 aliphatic carbocycles. The first-order valence-corrected chi connectivity index (χ1v) is 11.0. The number of halogens is 4. The van der Waals surface area contributed by atoms with Crippen molar-refractivity contribution in [1.82, 2.24) is 4.98 Å². The van der Waals surface area contributed by atoms with Crippen molar-refractivity contribution in [2.24, 2.45) is 0 Å². The van der Waals surface area contributed by atoms with E-state index >= 15 is 0 Å². The molecule has 1 unspecified atom stereocenters. The number of pyridine rings is 1. The lowest BCUT2D eigenvalue weighted by molar-refractivity contribution is -0.140. The summed E-state index contributed by atoms with van der Waals surface area (Å²) in [6.45, 7) is 0.897. The molecule has 3 rings (SSSR count). The summed E-state index contributed by atoms with van der Waals surface area (Å²) in [5.41, 5.74) is 0.643. The number of carboxylic acids is 1. The molecule has 1 aliphatic heterocycles. The second-order valence-corrected chi connectivity index (χ2v) is 8.32. The van der Waals surface area contributed by atoms with Crippen LogP contribution < -0.4 is 5.32 Å². The van der Waals surface area contributed by atoms with Crippen LogP contribution in [0.2, 0.25) is 0 Å². The van der Waals surface area contributed by atoms with Gasteiger partial charge < -0.3 is 10.4 Å². The highest BCUT2D eigenvalue weighted by Gasteiger charge is 2.35. The molecular weight excluding hydrogens is 440 g/mol. The van der Waals surface area contributed by atoms with Crippen molar-refractivity contribution in [1.29, 1.82) is 0 Å². The number of carboxylic acid groups (broad SMARTS) is 1. The SMILES string of the molecule is O=C(O)CC(CC(=O)CCCCc1ccc2c(n1)NCCC2)c1ccc(F)c(C(F)(F)F)c1. The van der Waals surface area contributed by atoms with Crippen LogP contribution in [-0.2, 0) is 28.6 Å². The monoisotopic (exact) mass is 466 g/mol. The molecule has 2 N–H and O–H groups in total. The molecule has 2 heterocycles. The first-order chi connectivity index (χ1) is 15.6. The van der Waals surface area contributed by atoms with Gasteiger partial charge in [-0.3, -0.25) is 9.59 Å². The molecule has 1 atom stereocenters. The second-order valence-electron chi connectivity index (χ2n) is 8.32. The fraction of sp³-hybridized carbons (Fsp3) is 0.458. The predicted molar refractivity (Wildman–Crippen MR) is 115 cm³/mol. The van der Waals surface area contributed by atoms with E-state index in [9.17, 15) is 27.2 Å². The molecule has 0 bridgehead atoms. The number of aromatic nitrogens is 1. The number of alkyl halides is 3. The molecule has 2 aromatic rings. The lowest BCUT2D eigenvalue weighted by atomic mass is 9.88. The van der Waals surface area contributed by atoms with Crippen LogP contribution in [-0.4, -0.2) is 28.4 Å². The zero-order valence-corrected chi connectivity index (χ0v) is 18.1. The Balaban J connectivity index is 1.56. The zero-order valence-electron chi connectivity index (χ0n) is 18.1. The zero-order chi connectivity index (χ0) is 24.0. The molecule has 178 valence electrons. The fourth-order valence-electron chi connectivity index (χ4n) is 4.05. The van der Waals surface area contributed by atoms with Crippen LogP contribution in [0.3, 0.4) is 0 Å². The van der Waals surface area contributed by atoms with Crippen LogP contribution >= 0.6 is 0 Å².